The highest BCUT2D eigenvalue weighted by atomic mass is 16.5. The molecule has 0 aliphatic carbocycles. The summed E-state index contributed by atoms with van der Waals surface area (Å²) in [5.74, 6) is 0.738. The summed E-state index contributed by atoms with van der Waals surface area (Å²) < 4.78 is 10.9. The Morgan fingerprint density at radius 3 is 2.83 bits per heavy atom. The molecule has 0 radical (unpaired) electrons. The summed E-state index contributed by atoms with van der Waals surface area (Å²) in [6.45, 7) is 4.81. The molecule has 0 unspecified atom stereocenters. The lowest BCUT2D eigenvalue weighted by Crippen LogP contribution is -2.37. The van der Waals surface area contributed by atoms with Crippen molar-refractivity contribution in [3.8, 4) is 11.5 Å². The number of rotatable bonds is 5. The number of amides is 2. The lowest BCUT2D eigenvalue weighted by Gasteiger charge is -2.19. The van der Waals surface area contributed by atoms with E-state index >= 15 is 0 Å². The average molecular weight is 315 g/mol. The Morgan fingerprint density at radius 2 is 2.17 bits per heavy atom. The summed E-state index contributed by atoms with van der Waals surface area (Å²) in [7, 11) is 1.58. The van der Waals surface area contributed by atoms with Crippen LogP contribution in [0.2, 0.25) is 0 Å². The normalized spacial score (nSPS) is 14.4. The van der Waals surface area contributed by atoms with Crippen LogP contribution in [0.15, 0.2) is 30.4 Å². The minimum atomic E-state index is -0.315. The van der Waals surface area contributed by atoms with Crippen LogP contribution in [0.5, 0.6) is 11.5 Å². The molecule has 0 fully saturated rings. The molecule has 23 heavy (non-hydrogen) atoms. The van der Waals surface area contributed by atoms with Crippen molar-refractivity contribution in [3.05, 3.63) is 41.5 Å². The van der Waals surface area contributed by atoms with E-state index < -0.39 is 0 Å². The number of hydrogen-bond donors (Lipinski definition) is 0. The zero-order valence-corrected chi connectivity index (χ0v) is 13.7. The van der Waals surface area contributed by atoms with Gasteiger partial charge in [0.1, 0.15) is 0 Å². The van der Waals surface area contributed by atoms with Crippen LogP contribution in [0, 0.1) is 6.92 Å². The molecule has 2 amide bonds. The molecule has 0 saturated carbocycles. The second kappa shape index (κ2) is 7.63. The molecule has 0 N–H and O–H groups in total. The molecule has 5 nitrogen and oxygen atoms in total. The first kappa shape index (κ1) is 16.8. The Bertz CT molecular complexity index is 661. The Morgan fingerprint density at radius 1 is 1.39 bits per heavy atom. The van der Waals surface area contributed by atoms with Crippen LogP contribution < -0.4 is 9.47 Å². The molecule has 122 valence electrons. The van der Waals surface area contributed by atoms with Gasteiger partial charge in [0.05, 0.1) is 13.7 Å². The SMILES string of the molecule is CCOc1c(C)cc(/C=C/C(=O)N2CCC=CC2=O)cc1OC. The van der Waals surface area contributed by atoms with Gasteiger partial charge in [-0.05, 0) is 55.7 Å². The van der Waals surface area contributed by atoms with Crippen molar-refractivity contribution in [2.24, 2.45) is 0 Å². The molecule has 2 rings (SSSR count). The third kappa shape index (κ3) is 4.00. The summed E-state index contributed by atoms with van der Waals surface area (Å²) in [5, 5.41) is 0. The van der Waals surface area contributed by atoms with Crippen molar-refractivity contribution < 1.29 is 19.1 Å². The maximum absolute atomic E-state index is 12.1. The van der Waals surface area contributed by atoms with Crippen LogP contribution in [0.4, 0.5) is 0 Å². The molecule has 0 aromatic heterocycles. The second-order valence-corrected chi connectivity index (χ2v) is 5.15. The number of hydrogen-bond acceptors (Lipinski definition) is 4. The number of nitrogens with zero attached hydrogens (tertiary/aromatic N) is 1. The lowest BCUT2D eigenvalue weighted by molar-refractivity contribution is -0.139. The van der Waals surface area contributed by atoms with Crippen molar-refractivity contribution in [1.82, 2.24) is 4.90 Å². The molecule has 0 saturated heterocycles. The van der Waals surface area contributed by atoms with Gasteiger partial charge in [-0.15, -0.1) is 0 Å². The van der Waals surface area contributed by atoms with Gasteiger partial charge in [0.2, 0.25) is 0 Å². The predicted molar refractivity (Wildman–Crippen MR) is 88.4 cm³/mol. The molecule has 0 spiro atoms. The minimum Gasteiger partial charge on any atom is -0.493 e. The maximum Gasteiger partial charge on any atom is 0.253 e. The summed E-state index contributed by atoms with van der Waals surface area (Å²) in [4.78, 5) is 25.0. The Balaban J connectivity index is 2.19. The van der Waals surface area contributed by atoms with Crippen LogP contribution in [-0.2, 0) is 9.59 Å². The van der Waals surface area contributed by atoms with E-state index in [0.29, 0.717) is 31.1 Å². The van der Waals surface area contributed by atoms with E-state index in [1.54, 1.807) is 25.3 Å². The van der Waals surface area contributed by atoms with Gasteiger partial charge in [0.15, 0.2) is 11.5 Å². The van der Waals surface area contributed by atoms with E-state index in [-0.39, 0.29) is 11.8 Å². The van der Waals surface area contributed by atoms with Gasteiger partial charge in [-0.25, -0.2) is 0 Å². The Kier molecular flexibility index (Phi) is 5.57. The number of imide groups is 1. The van der Waals surface area contributed by atoms with Gasteiger partial charge >= 0.3 is 0 Å². The van der Waals surface area contributed by atoms with Crippen molar-refractivity contribution in [3.63, 3.8) is 0 Å². The van der Waals surface area contributed by atoms with Crippen LogP contribution >= 0.6 is 0 Å². The monoisotopic (exact) mass is 315 g/mol. The quantitative estimate of drug-likeness (QED) is 0.784. The van der Waals surface area contributed by atoms with Crippen LogP contribution in [-0.4, -0.2) is 37.0 Å². The van der Waals surface area contributed by atoms with Crippen molar-refractivity contribution in [2.45, 2.75) is 20.3 Å². The topological polar surface area (TPSA) is 55.8 Å². The summed E-state index contributed by atoms with van der Waals surface area (Å²) in [6, 6.07) is 3.72. The lowest BCUT2D eigenvalue weighted by atomic mass is 10.1. The van der Waals surface area contributed by atoms with E-state index in [9.17, 15) is 9.59 Å². The van der Waals surface area contributed by atoms with Crippen LogP contribution in [0.1, 0.15) is 24.5 Å². The Labute approximate surface area is 136 Å². The number of carbonyl (C=O) groups is 2. The average Bonchev–Trinajstić information content (AvgIpc) is 2.55. The van der Waals surface area contributed by atoms with Gasteiger partial charge in [0, 0.05) is 12.6 Å². The molecule has 1 aliphatic heterocycles. The van der Waals surface area contributed by atoms with Gasteiger partial charge in [-0.1, -0.05) is 6.08 Å². The first-order valence-corrected chi connectivity index (χ1v) is 7.58. The van der Waals surface area contributed by atoms with Gasteiger partial charge < -0.3 is 9.47 Å². The third-order valence-corrected chi connectivity index (χ3v) is 3.50. The molecule has 0 atom stereocenters. The van der Waals surface area contributed by atoms with E-state index in [1.807, 2.05) is 19.9 Å². The standard InChI is InChI=1S/C18H21NO4/c1-4-23-18-13(2)11-14(12-15(18)22-3)8-9-17(21)19-10-6-5-7-16(19)20/h5,7-9,11-12H,4,6,10H2,1-3H3/b9-8+. The van der Waals surface area contributed by atoms with Crippen molar-refractivity contribution >= 4 is 17.9 Å². The van der Waals surface area contributed by atoms with Crippen molar-refractivity contribution in [1.29, 1.82) is 0 Å². The highest BCUT2D eigenvalue weighted by Gasteiger charge is 2.19. The fourth-order valence-corrected chi connectivity index (χ4v) is 2.41. The number of benzene rings is 1. The number of methoxy groups -OCH3 is 1. The van der Waals surface area contributed by atoms with Crippen LogP contribution in [0.25, 0.3) is 6.08 Å². The number of ether oxygens (including phenoxy) is 2. The predicted octanol–water partition coefficient (Wildman–Crippen LogP) is 2.73. The summed E-state index contributed by atoms with van der Waals surface area (Å²) >= 11 is 0. The fourth-order valence-electron chi connectivity index (χ4n) is 2.41. The summed E-state index contributed by atoms with van der Waals surface area (Å²) in [5.41, 5.74) is 1.74. The van der Waals surface area contributed by atoms with Crippen molar-refractivity contribution in [2.75, 3.05) is 20.3 Å². The number of carbonyl (C=O) groups excluding carboxylic acids is 2. The fraction of sp³-hybridized carbons (Fsp3) is 0.333. The highest BCUT2D eigenvalue weighted by Crippen LogP contribution is 2.32. The minimum absolute atomic E-state index is 0.272. The number of aryl methyl sites for hydroxylation is 1. The molecular weight excluding hydrogens is 294 g/mol. The van der Waals surface area contributed by atoms with Gasteiger partial charge in [0.25, 0.3) is 11.8 Å². The third-order valence-electron chi connectivity index (χ3n) is 3.50. The molecule has 0 bridgehead atoms. The van der Waals surface area contributed by atoms with E-state index in [0.717, 1.165) is 11.1 Å². The van der Waals surface area contributed by atoms with E-state index in [1.165, 1.54) is 17.1 Å². The zero-order chi connectivity index (χ0) is 16.8. The van der Waals surface area contributed by atoms with Gasteiger partial charge in [-0.3, -0.25) is 14.5 Å². The summed E-state index contributed by atoms with van der Waals surface area (Å²) in [6.07, 6.45) is 6.99. The highest BCUT2D eigenvalue weighted by molar-refractivity contribution is 6.06. The molecule has 1 aromatic rings. The zero-order valence-electron chi connectivity index (χ0n) is 13.7. The largest absolute Gasteiger partial charge is 0.493 e. The first-order chi connectivity index (χ1) is 11.1. The van der Waals surface area contributed by atoms with E-state index in [4.69, 9.17) is 9.47 Å². The molecule has 5 heteroatoms. The first-order valence-electron chi connectivity index (χ1n) is 7.58. The smallest absolute Gasteiger partial charge is 0.253 e. The van der Waals surface area contributed by atoms with E-state index in [2.05, 4.69) is 0 Å². The van der Waals surface area contributed by atoms with Gasteiger partial charge in [-0.2, -0.15) is 0 Å². The van der Waals surface area contributed by atoms with Crippen LogP contribution in [0.3, 0.4) is 0 Å². The Hall–Kier alpha value is -2.56. The molecule has 1 aliphatic rings. The molecular formula is C18H21NO4. The molecule has 1 heterocycles. The second-order valence-electron chi connectivity index (χ2n) is 5.15. The maximum atomic E-state index is 12.1. The molecule has 1 aromatic carbocycles.